The van der Waals surface area contributed by atoms with E-state index < -0.39 is 10.5 Å². The Kier molecular flexibility index (Phi) is 5.73. The zero-order valence-corrected chi connectivity index (χ0v) is 18.2. The summed E-state index contributed by atoms with van der Waals surface area (Å²) in [5.41, 5.74) is 2.51. The zero-order valence-electron chi connectivity index (χ0n) is 18.2. The van der Waals surface area contributed by atoms with E-state index >= 15 is 0 Å². The monoisotopic (exact) mass is 438 g/mol. The molecule has 4 rings (SSSR count). The van der Waals surface area contributed by atoms with Crippen LogP contribution in [0.4, 0.5) is 21.0 Å². The molecule has 1 N–H and O–H groups in total. The molecule has 0 bridgehead atoms. The van der Waals surface area contributed by atoms with Crippen LogP contribution in [-0.4, -0.2) is 52.1 Å². The summed E-state index contributed by atoms with van der Waals surface area (Å²) in [6.07, 6.45) is 0.769. The van der Waals surface area contributed by atoms with Gasteiger partial charge in [0.15, 0.2) is 0 Å². The summed E-state index contributed by atoms with van der Waals surface area (Å²) >= 11 is 0. The summed E-state index contributed by atoms with van der Waals surface area (Å²) in [6, 6.07) is 12.4. The number of piperidine rings is 1. The van der Waals surface area contributed by atoms with E-state index in [1.165, 1.54) is 11.6 Å². The molecule has 1 spiro atoms. The quantitative estimate of drug-likeness (QED) is 0.568. The average Bonchev–Trinajstić information content (AvgIpc) is 3.05. The van der Waals surface area contributed by atoms with Crippen LogP contribution in [0.25, 0.3) is 0 Å². The molecule has 168 valence electrons. The highest BCUT2D eigenvalue weighted by Gasteiger charge is 2.47. The van der Waals surface area contributed by atoms with Gasteiger partial charge in [-0.2, -0.15) is 0 Å². The minimum Gasteiger partial charge on any atom is -0.441 e. The van der Waals surface area contributed by atoms with Gasteiger partial charge in [-0.05, 0) is 25.5 Å². The first kappa shape index (κ1) is 21.6. The van der Waals surface area contributed by atoms with Crippen molar-refractivity contribution in [2.75, 3.05) is 25.0 Å². The molecule has 2 aromatic rings. The largest absolute Gasteiger partial charge is 0.441 e. The molecule has 0 saturated carbocycles. The number of likely N-dealkylation sites (tertiary alicyclic amines) is 1. The van der Waals surface area contributed by atoms with Crippen molar-refractivity contribution in [3.05, 3.63) is 69.3 Å². The number of nitrogens with zero attached hydrogens (tertiary/aromatic N) is 3. The fourth-order valence-electron chi connectivity index (χ4n) is 4.19. The van der Waals surface area contributed by atoms with Crippen molar-refractivity contribution >= 4 is 23.5 Å². The smallest absolute Gasteiger partial charge is 0.410 e. The van der Waals surface area contributed by atoms with E-state index in [1.54, 1.807) is 28.9 Å². The Morgan fingerprint density at radius 1 is 1.16 bits per heavy atom. The summed E-state index contributed by atoms with van der Waals surface area (Å²) in [5, 5.41) is 13.9. The number of amides is 3. The Hall–Kier alpha value is -3.62. The van der Waals surface area contributed by atoms with Crippen LogP contribution in [0, 0.1) is 24.0 Å². The normalized spacial score (nSPS) is 17.4. The molecule has 2 aromatic carbocycles. The van der Waals surface area contributed by atoms with Gasteiger partial charge in [-0.25, -0.2) is 9.59 Å². The van der Waals surface area contributed by atoms with Gasteiger partial charge < -0.3 is 15.0 Å². The van der Waals surface area contributed by atoms with Gasteiger partial charge in [0.05, 0.1) is 11.5 Å². The van der Waals surface area contributed by atoms with Crippen LogP contribution in [0.1, 0.15) is 29.5 Å². The topological polar surface area (TPSA) is 105 Å². The van der Waals surface area contributed by atoms with Crippen LogP contribution in [0.5, 0.6) is 0 Å². The molecule has 0 aromatic heterocycles. The highest BCUT2D eigenvalue weighted by atomic mass is 16.6. The van der Waals surface area contributed by atoms with E-state index in [0.717, 1.165) is 5.56 Å². The van der Waals surface area contributed by atoms with Crippen molar-refractivity contribution in [1.82, 2.24) is 9.80 Å². The molecule has 2 heterocycles. The molecule has 2 saturated heterocycles. The Labute approximate surface area is 186 Å². The van der Waals surface area contributed by atoms with Gasteiger partial charge in [0.25, 0.3) is 5.69 Å². The van der Waals surface area contributed by atoms with Gasteiger partial charge in [0.1, 0.15) is 5.60 Å². The second-order valence-corrected chi connectivity index (χ2v) is 8.57. The lowest BCUT2D eigenvalue weighted by atomic mass is 9.91. The number of carbonyl (C=O) groups is 2. The van der Waals surface area contributed by atoms with Crippen LogP contribution < -0.4 is 5.32 Å². The molecule has 2 fully saturated rings. The molecule has 2 aliphatic rings. The molecule has 32 heavy (non-hydrogen) atoms. The maximum Gasteiger partial charge on any atom is 0.410 e. The predicted molar refractivity (Wildman–Crippen MR) is 118 cm³/mol. The lowest BCUT2D eigenvalue weighted by Gasteiger charge is -2.37. The molecule has 2 aliphatic heterocycles. The molecule has 0 aliphatic carbocycles. The first-order chi connectivity index (χ1) is 15.2. The fraction of sp³-hybridized carbons (Fsp3) is 0.391. The number of carbonyl (C=O) groups excluding carboxylic acids is 2. The maximum absolute atomic E-state index is 12.7. The minimum atomic E-state index is -0.582. The number of rotatable bonds is 4. The average molecular weight is 438 g/mol. The molecule has 9 nitrogen and oxygen atoms in total. The van der Waals surface area contributed by atoms with Crippen LogP contribution in [0.2, 0.25) is 0 Å². The molecule has 0 unspecified atom stereocenters. The van der Waals surface area contributed by atoms with Crippen LogP contribution >= 0.6 is 0 Å². The number of hydrogen-bond donors (Lipinski definition) is 1. The van der Waals surface area contributed by atoms with Crippen molar-refractivity contribution in [3.63, 3.8) is 0 Å². The standard InChI is InChI=1S/C23H26N4O5/c1-16-3-6-18(7-4-16)14-26-15-23(32-22(26)29)9-11-25(12-10-23)21(28)24-19-8-5-17(2)20(13-19)27(30)31/h3-8,13H,9-12,14-15H2,1-2H3,(H,24,28). The van der Waals surface area contributed by atoms with Crippen LogP contribution in [0.15, 0.2) is 42.5 Å². The third kappa shape index (κ3) is 4.51. The van der Waals surface area contributed by atoms with Gasteiger partial charge in [0.2, 0.25) is 0 Å². The highest BCUT2D eigenvalue weighted by molar-refractivity contribution is 5.90. The summed E-state index contributed by atoms with van der Waals surface area (Å²) in [7, 11) is 0. The third-order valence-electron chi connectivity index (χ3n) is 6.15. The first-order valence-corrected chi connectivity index (χ1v) is 10.6. The van der Waals surface area contributed by atoms with Crippen molar-refractivity contribution in [2.24, 2.45) is 0 Å². The summed E-state index contributed by atoms with van der Waals surface area (Å²) in [4.78, 5) is 39.1. The molecule has 3 amide bonds. The van der Waals surface area contributed by atoms with E-state index in [4.69, 9.17) is 4.74 Å². The van der Waals surface area contributed by atoms with Gasteiger partial charge in [0, 0.05) is 49.8 Å². The van der Waals surface area contributed by atoms with E-state index in [0.29, 0.717) is 50.3 Å². The SMILES string of the molecule is Cc1ccc(CN2CC3(CCN(C(=O)Nc4ccc(C)c([N+](=O)[O-])c4)CC3)OC2=O)cc1. The molecular weight excluding hydrogens is 412 g/mol. The second kappa shape index (κ2) is 8.49. The number of ether oxygens (including phenoxy) is 1. The number of anilines is 1. The van der Waals surface area contributed by atoms with E-state index in [2.05, 4.69) is 5.32 Å². The molecule has 0 radical (unpaired) electrons. The third-order valence-corrected chi connectivity index (χ3v) is 6.15. The minimum absolute atomic E-state index is 0.0352. The van der Waals surface area contributed by atoms with E-state index in [1.807, 2.05) is 31.2 Å². The highest BCUT2D eigenvalue weighted by Crippen LogP contribution is 2.34. The summed E-state index contributed by atoms with van der Waals surface area (Å²) in [6.45, 7) is 5.54. The lowest BCUT2D eigenvalue weighted by molar-refractivity contribution is -0.385. The summed E-state index contributed by atoms with van der Waals surface area (Å²) in [5.74, 6) is 0. The van der Waals surface area contributed by atoms with Crippen molar-refractivity contribution in [1.29, 1.82) is 0 Å². The van der Waals surface area contributed by atoms with Crippen molar-refractivity contribution < 1.29 is 19.2 Å². The lowest BCUT2D eigenvalue weighted by Crippen LogP contribution is -2.49. The van der Waals surface area contributed by atoms with Gasteiger partial charge >= 0.3 is 12.1 Å². The fourth-order valence-corrected chi connectivity index (χ4v) is 4.19. The number of aryl methyl sites for hydroxylation is 2. The predicted octanol–water partition coefficient (Wildman–Crippen LogP) is 4.23. The zero-order chi connectivity index (χ0) is 22.9. The van der Waals surface area contributed by atoms with Gasteiger partial charge in [-0.3, -0.25) is 15.0 Å². The Balaban J connectivity index is 1.34. The molecule has 0 atom stereocenters. The van der Waals surface area contributed by atoms with Gasteiger partial charge in [-0.15, -0.1) is 0 Å². The van der Waals surface area contributed by atoms with Gasteiger partial charge in [-0.1, -0.05) is 35.9 Å². The number of nitro benzene ring substituents is 1. The Morgan fingerprint density at radius 2 is 1.84 bits per heavy atom. The number of hydrogen-bond acceptors (Lipinski definition) is 5. The number of nitrogens with one attached hydrogen (secondary N) is 1. The summed E-state index contributed by atoms with van der Waals surface area (Å²) < 4.78 is 5.75. The first-order valence-electron chi connectivity index (χ1n) is 10.6. The van der Waals surface area contributed by atoms with E-state index in [-0.39, 0.29) is 17.8 Å². The van der Waals surface area contributed by atoms with Crippen molar-refractivity contribution in [3.8, 4) is 0 Å². The number of benzene rings is 2. The second-order valence-electron chi connectivity index (χ2n) is 8.57. The van der Waals surface area contributed by atoms with Crippen molar-refractivity contribution in [2.45, 2.75) is 38.8 Å². The molecule has 9 heteroatoms. The number of nitro groups is 1. The molecular formula is C23H26N4O5. The van der Waals surface area contributed by atoms with E-state index in [9.17, 15) is 19.7 Å². The Morgan fingerprint density at radius 3 is 2.50 bits per heavy atom. The van der Waals surface area contributed by atoms with Crippen LogP contribution in [0.3, 0.4) is 0 Å². The number of urea groups is 1. The van der Waals surface area contributed by atoms with Crippen LogP contribution in [-0.2, 0) is 11.3 Å². The Bertz CT molecular complexity index is 1040. The maximum atomic E-state index is 12.7.